The van der Waals surface area contributed by atoms with Crippen molar-refractivity contribution >= 4 is 22.9 Å². The van der Waals surface area contributed by atoms with E-state index in [9.17, 15) is 0 Å². The molecule has 1 aliphatic carbocycles. The molecule has 1 saturated carbocycles. The zero-order valence-electron chi connectivity index (χ0n) is 13.4. The Kier molecular flexibility index (Phi) is 4.70. The van der Waals surface area contributed by atoms with Gasteiger partial charge in [0.15, 0.2) is 0 Å². The minimum Gasteiger partial charge on any atom is -0.297 e. The van der Waals surface area contributed by atoms with E-state index in [0.29, 0.717) is 0 Å². The van der Waals surface area contributed by atoms with Crippen LogP contribution in [0.1, 0.15) is 37.8 Å². The Balaban J connectivity index is 1.40. The Morgan fingerprint density at radius 2 is 1.87 bits per heavy atom. The molecule has 1 aromatic carbocycles. The van der Waals surface area contributed by atoms with Crippen molar-refractivity contribution < 1.29 is 0 Å². The van der Waals surface area contributed by atoms with Crippen LogP contribution in [0.4, 0.5) is 0 Å². The fourth-order valence-corrected chi connectivity index (χ4v) is 5.10. The molecule has 2 unspecified atom stereocenters. The number of fused-ring (bicyclic) bond motifs is 1. The first-order valence-electron chi connectivity index (χ1n) is 8.70. The third-order valence-electron chi connectivity index (χ3n) is 5.40. The quantitative estimate of drug-likeness (QED) is 0.732. The van der Waals surface area contributed by atoms with Crippen LogP contribution in [0.2, 0.25) is 5.02 Å². The molecule has 0 spiro atoms. The van der Waals surface area contributed by atoms with Gasteiger partial charge >= 0.3 is 0 Å². The molecule has 2 aromatic rings. The van der Waals surface area contributed by atoms with Crippen LogP contribution in [0.5, 0.6) is 0 Å². The summed E-state index contributed by atoms with van der Waals surface area (Å²) in [5.74, 6) is 1.94. The molecule has 2 fully saturated rings. The van der Waals surface area contributed by atoms with Crippen molar-refractivity contribution in [3.8, 4) is 10.6 Å². The zero-order valence-corrected chi connectivity index (χ0v) is 15.0. The summed E-state index contributed by atoms with van der Waals surface area (Å²) in [4.78, 5) is 7.46. The topological polar surface area (TPSA) is 16.1 Å². The number of nitrogens with zero attached hydrogens (tertiary/aromatic N) is 2. The molecule has 0 radical (unpaired) electrons. The molecule has 0 amide bonds. The lowest BCUT2D eigenvalue weighted by molar-refractivity contribution is 0.0814. The second-order valence-corrected chi connectivity index (χ2v) is 8.27. The molecule has 1 aliphatic heterocycles. The van der Waals surface area contributed by atoms with E-state index in [0.717, 1.165) is 34.0 Å². The van der Waals surface area contributed by atoms with E-state index >= 15 is 0 Å². The van der Waals surface area contributed by atoms with Gasteiger partial charge in [0.2, 0.25) is 0 Å². The fraction of sp³-hybridized carbons (Fsp3) is 0.526. The van der Waals surface area contributed by atoms with Crippen molar-refractivity contribution in [3.05, 3.63) is 40.4 Å². The molecular weight excluding hydrogens is 324 g/mol. The van der Waals surface area contributed by atoms with E-state index in [1.807, 2.05) is 12.1 Å². The summed E-state index contributed by atoms with van der Waals surface area (Å²) in [7, 11) is 0. The molecule has 4 heteroatoms. The number of likely N-dealkylation sites (tertiary alicyclic amines) is 1. The van der Waals surface area contributed by atoms with Gasteiger partial charge in [0, 0.05) is 29.1 Å². The molecule has 0 bridgehead atoms. The fourth-order valence-electron chi connectivity index (χ4n) is 4.15. The third kappa shape index (κ3) is 3.62. The highest BCUT2D eigenvalue weighted by molar-refractivity contribution is 7.13. The summed E-state index contributed by atoms with van der Waals surface area (Å²) in [6, 6.07) is 7.98. The molecule has 23 heavy (non-hydrogen) atoms. The Hall–Kier alpha value is -0.900. The van der Waals surface area contributed by atoms with Gasteiger partial charge < -0.3 is 0 Å². The molecule has 2 atom stereocenters. The van der Waals surface area contributed by atoms with Crippen molar-refractivity contribution in [3.63, 3.8) is 0 Å². The molecule has 122 valence electrons. The van der Waals surface area contributed by atoms with Gasteiger partial charge in [-0.15, -0.1) is 11.3 Å². The van der Waals surface area contributed by atoms with Crippen LogP contribution in [0, 0.1) is 11.8 Å². The molecule has 2 nitrogen and oxygen atoms in total. The number of hydrogen-bond donors (Lipinski definition) is 0. The van der Waals surface area contributed by atoms with Crippen LogP contribution < -0.4 is 0 Å². The van der Waals surface area contributed by atoms with Gasteiger partial charge in [-0.25, -0.2) is 4.98 Å². The number of aromatic nitrogens is 1. The standard InChI is InChI=1S/C19H23ClN2S/c20-17-7-5-15(6-8-17)19-21-18(13-23-19)12-22-10-9-14-3-1-2-4-16(14)11-22/h5-8,13-14,16H,1-4,9-12H2. The molecule has 4 rings (SSSR count). The maximum atomic E-state index is 5.97. The van der Waals surface area contributed by atoms with Gasteiger partial charge in [0.1, 0.15) is 5.01 Å². The second-order valence-electron chi connectivity index (χ2n) is 6.98. The Labute approximate surface area is 147 Å². The van der Waals surface area contributed by atoms with Crippen molar-refractivity contribution in [1.29, 1.82) is 0 Å². The summed E-state index contributed by atoms with van der Waals surface area (Å²) in [5, 5.41) is 4.10. The minimum atomic E-state index is 0.779. The van der Waals surface area contributed by atoms with Gasteiger partial charge in [0.25, 0.3) is 0 Å². The Morgan fingerprint density at radius 3 is 2.70 bits per heavy atom. The van der Waals surface area contributed by atoms with E-state index < -0.39 is 0 Å². The molecule has 1 aromatic heterocycles. The first-order chi connectivity index (χ1) is 11.3. The van der Waals surface area contributed by atoms with Gasteiger partial charge in [-0.05, 0) is 43.4 Å². The summed E-state index contributed by atoms with van der Waals surface area (Å²) >= 11 is 7.70. The first-order valence-corrected chi connectivity index (χ1v) is 9.96. The average molecular weight is 347 g/mol. The van der Waals surface area contributed by atoms with Gasteiger partial charge in [-0.2, -0.15) is 0 Å². The average Bonchev–Trinajstić information content (AvgIpc) is 3.04. The maximum Gasteiger partial charge on any atom is 0.123 e. The summed E-state index contributed by atoms with van der Waals surface area (Å²) < 4.78 is 0. The summed E-state index contributed by atoms with van der Waals surface area (Å²) in [5.41, 5.74) is 2.38. The normalized spacial score (nSPS) is 25.3. The number of thiazole rings is 1. The Morgan fingerprint density at radius 1 is 1.09 bits per heavy atom. The van der Waals surface area contributed by atoms with Crippen LogP contribution in [0.25, 0.3) is 10.6 Å². The highest BCUT2D eigenvalue weighted by Crippen LogP contribution is 2.36. The van der Waals surface area contributed by atoms with Crippen LogP contribution in [-0.4, -0.2) is 23.0 Å². The lowest BCUT2D eigenvalue weighted by atomic mass is 9.75. The number of rotatable bonds is 3. The van der Waals surface area contributed by atoms with Gasteiger partial charge in [-0.1, -0.05) is 43.0 Å². The van der Waals surface area contributed by atoms with Crippen LogP contribution in [0.15, 0.2) is 29.6 Å². The largest absolute Gasteiger partial charge is 0.297 e. The van der Waals surface area contributed by atoms with E-state index in [2.05, 4.69) is 22.4 Å². The van der Waals surface area contributed by atoms with Gasteiger partial charge in [0.05, 0.1) is 5.69 Å². The highest BCUT2D eigenvalue weighted by atomic mass is 35.5. The first kappa shape index (κ1) is 15.6. The molecule has 1 saturated heterocycles. The lowest BCUT2D eigenvalue weighted by Crippen LogP contribution is -2.41. The van der Waals surface area contributed by atoms with Crippen molar-refractivity contribution in [2.24, 2.45) is 11.8 Å². The van der Waals surface area contributed by atoms with E-state index in [4.69, 9.17) is 16.6 Å². The van der Waals surface area contributed by atoms with Crippen molar-refractivity contribution in [1.82, 2.24) is 9.88 Å². The van der Waals surface area contributed by atoms with Crippen LogP contribution >= 0.6 is 22.9 Å². The monoisotopic (exact) mass is 346 g/mol. The summed E-state index contributed by atoms with van der Waals surface area (Å²) in [6.07, 6.45) is 7.19. The SMILES string of the molecule is Clc1ccc(-c2nc(CN3CCC4CCCCC4C3)cs2)cc1. The predicted molar refractivity (Wildman–Crippen MR) is 97.9 cm³/mol. The van der Waals surface area contributed by atoms with Crippen molar-refractivity contribution in [2.45, 2.75) is 38.6 Å². The summed E-state index contributed by atoms with van der Waals surface area (Å²) in [6.45, 7) is 3.53. The second kappa shape index (κ2) is 6.92. The number of hydrogen-bond acceptors (Lipinski definition) is 3. The lowest BCUT2D eigenvalue weighted by Gasteiger charge is -2.41. The number of halogens is 1. The highest BCUT2D eigenvalue weighted by Gasteiger charge is 2.31. The van der Waals surface area contributed by atoms with Gasteiger partial charge in [-0.3, -0.25) is 4.90 Å². The van der Waals surface area contributed by atoms with Crippen LogP contribution in [0.3, 0.4) is 0 Å². The Bertz CT molecular complexity index is 652. The number of benzene rings is 1. The minimum absolute atomic E-state index is 0.779. The third-order valence-corrected chi connectivity index (χ3v) is 6.60. The van der Waals surface area contributed by atoms with E-state index in [1.165, 1.54) is 50.9 Å². The van der Waals surface area contributed by atoms with Crippen LogP contribution in [-0.2, 0) is 6.54 Å². The van der Waals surface area contributed by atoms with Crippen molar-refractivity contribution in [2.75, 3.05) is 13.1 Å². The molecule has 0 N–H and O–H groups in total. The maximum absolute atomic E-state index is 5.97. The van der Waals surface area contributed by atoms with E-state index in [-0.39, 0.29) is 0 Å². The smallest absolute Gasteiger partial charge is 0.123 e. The zero-order chi connectivity index (χ0) is 15.6. The van der Waals surface area contributed by atoms with E-state index in [1.54, 1.807) is 11.3 Å². The molecule has 2 heterocycles. The number of piperidine rings is 1. The molecular formula is C19H23ClN2S. The molecule has 2 aliphatic rings. The predicted octanol–water partition coefficient (Wildman–Crippen LogP) is 5.48.